The minimum Gasteiger partial charge on any atom is -0.467 e. The molecule has 4 nitrogen and oxygen atoms in total. The first-order valence-corrected chi connectivity index (χ1v) is 10.6. The number of rotatable bonds is 10. The van der Waals surface area contributed by atoms with E-state index < -0.39 is 5.60 Å². The molecule has 0 saturated heterocycles. The number of hydrogen-bond acceptors (Lipinski definition) is 4. The van der Waals surface area contributed by atoms with Crippen molar-refractivity contribution in [3.63, 3.8) is 0 Å². The zero-order chi connectivity index (χ0) is 19.7. The predicted molar refractivity (Wildman–Crippen MR) is 117 cm³/mol. The van der Waals surface area contributed by atoms with Gasteiger partial charge in [-0.25, -0.2) is 4.79 Å². The van der Waals surface area contributed by atoms with Crippen molar-refractivity contribution < 1.29 is 14.3 Å². The molecule has 5 heteroatoms. The van der Waals surface area contributed by atoms with Gasteiger partial charge in [0, 0.05) is 23.6 Å². The zero-order valence-corrected chi connectivity index (χ0v) is 18.4. The van der Waals surface area contributed by atoms with Crippen molar-refractivity contribution in [2.45, 2.75) is 38.6 Å². The standard InChI is InChI=1S/C22H28INO3/c1-18(24(15-14-23)16-19-10-6-4-7-11-19)22(2,21(25)26-3)27-17-20-12-8-5-9-13-20/h4-13,18H,14-17H2,1-3H3. The summed E-state index contributed by atoms with van der Waals surface area (Å²) in [5.74, 6) is -0.350. The first kappa shape index (κ1) is 21.9. The number of methoxy groups -OCH3 is 1. The molecule has 0 aliphatic carbocycles. The van der Waals surface area contributed by atoms with Crippen LogP contribution in [0.25, 0.3) is 0 Å². The van der Waals surface area contributed by atoms with Crippen LogP contribution < -0.4 is 0 Å². The number of hydrogen-bond donors (Lipinski definition) is 0. The van der Waals surface area contributed by atoms with Crippen LogP contribution in [0.5, 0.6) is 0 Å². The molecular formula is C22H28INO3. The first-order chi connectivity index (χ1) is 13.0. The van der Waals surface area contributed by atoms with E-state index >= 15 is 0 Å². The van der Waals surface area contributed by atoms with E-state index in [0.29, 0.717) is 6.61 Å². The third kappa shape index (κ3) is 6.02. The Balaban J connectivity index is 2.21. The van der Waals surface area contributed by atoms with Crippen molar-refractivity contribution in [2.75, 3.05) is 18.1 Å². The van der Waals surface area contributed by atoms with E-state index in [9.17, 15) is 4.79 Å². The Morgan fingerprint density at radius 2 is 1.63 bits per heavy atom. The molecule has 0 spiro atoms. The van der Waals surface area contributed by atoms with Crippen LogP contribution in [-0.4, -0.2) is 40.6 Å². The number of benzene rings is 2. The summed E-state index contributed by atoms with van der Waals surface area (Å²) >= 11 is 2.37. The molecule has 0 fully saturated rings. The first-order valence-electron chi connectivity index (χ1n) is 9.11. The van der Waals surface area contributed by atoms with Gasteiger partial charge < -0.3 is 9.47 Å². The summed E-state index contributed by atoms with van der Waals surface area (Å²) in [6, 6.07) is 20.0. The van der Waals surface area contributed by atoms with E-state index in [1.165, 1.54) is 12.7 Å². The van der Waals surface area contributed by atoms with Gasteiger partial charge in [0.25, 0.3) is 0 Å². The average molecular weight is 481 g/mol. The van der Waals surface area contributed by atoms with Gasteiger partial charge in [-0.15, -0.1) is 0 Å². The van der Waals surface area contributed by atoms with Crippen LogP contribution in [0.2, 0.25) is 0 Å². The monoisotopic (exact) mass is 481 g/mol. The molecule has 0 N–H and O–H groups in total. The van der Waals surface area contributed by atoms with Crippen LogP contribution in [0.1, 0.15) is 25.0 Å². The highest BCUT2D eigenvalue weighted by molar-refractivity contribution is 14.1. The van der Waals surface area contributed by atoms with Gasteiger partial charge in [-0.2, -0.15) is 0 Å². The maximum absolute atomic E-state index is 12.7. The lowest BCUT2D eigenvalue weighted by molar-refractivity contribution is -0.179. The van der Waals surface area contributed by atoms with Crippen LogP contribution in [0.3, 0.4) is 0 Å². The lowest BCUT2D eigenvalue weighted by Gasteiger charge is -2.40. The van der Waals surface area contributed by atoms with Crippen LogP contribution in [0.4, 0.5) is 0 Å². The van der Waals surface area contributed by atoms with Crippen molar-refractivity contribution in [3.8, 4) is 0 Å². The van der Waals surface area contributed by atoms with Crippen LogP contribution in [-0.2, 0) is 27.4 Å². The van der Waals surface area contributed by atoms with E-state index in [-0.39, 0.29) is 12.0 Å². The summed E-state index contributed by atoms with van der Waals surface area (Å²) in [4.78, 5) is 15.0. The van der Waals surface area contributed by atoms with E-state index in [1.54, 1.807) is 0 Å². The highest BCUT2D eigenvalue weighted by Gasteiger charge is 2.44. The second-order valence-corrected chi connectivity index (χ2v) is 7.77. The molecule has 0 aromatic heterocycles. The fourth-order valence-electron chi connectivity index (χ4n) is 3.04. The highest BCUT2D eigenvalue weighted by atomic mass is 127. The van der Waals surface area contributed by atoms with Gasteiger partial charge in [-0.05, 0) is 25.0 Å². The van der Waals surface area contributed by atoms with Crippen LogP contribution >= 0.6 is 22.6 Å². The molecule has 0 aliphatic heterocycles. The molecule has 0 radical (unpaired) electrons. The van der Waals surface area contributed by atoms with E-state index in [0.717, 1.165) is 23.1 Å². The maximum Gasteiger partial charge on any atom is 0.339 e. The molecule has 0 aliphatic rings. The van der Waals surface area contributed by atoms with Gasteiger partial charge in [0.05, 0.1) is 13.7 Å². The largest absolute Gasteiger partial charge is 0.467 e. The van der Waals surface area contributed by atoms with Gasteiger partial charge in [0.1, 0.15) is 0 Å². The van der Waals surface area contributed by atoms with Crippen LogP contribution in [0, 0.1) is 0 Å². The molecule has 0 amide bonds. The fraction of sp³-hybridized carbons (Fsp3) is 0.409. The third-order valence-electron chi connectivity index (χ3n) is 4.92. The molecule has 2 unspecified atom stereocenters. The molecule has 0 heterocycles. The number of alkyl halides is 1. The van der Waals surface area contributed by atoms with Crippen molar-refractivity contribution in [2.24, 2.45) is 0 Å². The summed E-state index contributed by atoms with van der Waals surface area (Å²) < 4.78 is 12.3. The second-order valence-electron chi connectivity index (χ2n) is 6.69. The lowest BCUT2D eigenvalue weighted by Crippen LogP contribution is -2.56. The Hall–Kier alpha value is -1.44. The molecule has 0 saturated carbocycles. The van der Waals surface area contributed by atoms with Crippen molar-refractivity contribution >= 4 is 28.6 Å². The average Bonchev–Trinajstić information content (AvgIpc) is 2.72. The number of carbonyl (C=O) groups excluding carboxylic acids is 1. The Bertz CT molecular complexity index is 695. The summed E-state index contributed by atoms with van der Waals surface area (Å²) in [5.41, 5.74) is 1.18. The van der Waals surface area contributed by atoms with Gasteiger partial charge >= 0.3 is 5.97 Å². The molecule has 2 atom stereocenters. The number of carbonyl (C=O) groups is 1. The normalized spacial score (nSPS) is 14.6. The van der Waals surface area contributed by atoms with Gasteiger partial charge in [-0.3, -0.25) is 4.90 Å². The Morgan fingerprint density at radius 3 is 2.15 bits per heavy atom. The Labute approximate surface area is 176 Å². The quantitative estimate of drug-likeness (QED) is 0.286. The van der Waals surface area contributed by atoms with Crippen LogP contribution in [0.15, 0.2) is 60.7 Å². The van der Waals surface area contributed by atoms with E-state index in [2.05, 4.69) is 39.6 Å². The topological polar surface area (TPSA) is 38.8 Å². The molecule has 2 aromatic rings. The SMILES string of the molecule is COC(=O)C(C)(OCc1ccccc1)C(C)N(CCI)Cc1ccccc1. The van der Waals surface area contributed by atoms with Crippen molar-refractivity contribution in [1.29, 1.82) is 0 Å². The highest BCUT2D eigenvalue weighted by Crippen LogP contribution is 2.26. The number of nitrogens with zero attached hydrogens (tertiary/aromatic N) is 1. The Kier molecular flexibility index (Phi) is 8.73. The number of ether oxygens (including phenoxy) is 2. The third-order valence-corrected chi connectivity index (χ3v) is 5.40. The molecule has 27 heavy (non-hydrogen) atoms. The van der Waals surface area contributed by atoms with E-state index in [4.69, 9.17) is 9.47 Å². The number of esters is 1. The molecule has 0 bridgehead atoms. The van der Waals surface area contributed by atoms with Gasteiger partial charge in [-0.1, -0.05) is 83.3 Å². The number of halogens is 1. The summed E-state index contributed by atoms with van der Waals surface area (Å²) in [6.45, 7) is 5.85. The summed E-state index contributed by atoms with van der Waals surface area (Å²) in [5, 5.41) is 0. The summed E-state index contributed by atoms with van der Waals surface area (Å²) in [7, 11) is 1.42. The van der Waals surface area contributed by atoms with Crippen molar-refractivity contribution in [1.82, 2.24) is 4.90 Å². The smallest absolute Gasteiger partial charge is 0.339 e. The molecule has 2 aromatic carbocycles. The fourth-order valence-corrected chi connectivity index (χ4v) is 3.66. The lowest BCUT2D eigenvalue weighted by atomic mass is 9.95. The molecular weight excluding hydrogens is 453 g/mol. The minimum absolute atomic E-state index is 0.149. The predicted octanol–water partition coefficient (Wildman–Crippen LogP) is 4.46. The van der Waals surface area contributed by atoms with Gasteiger partial charge in [0.15, 0.2) is 5.60 Å². The summed E-state index contributed by atoms with van der Waals surface area (Å²) in [6.07, 6.45) is 0. The second kappa shape index (κ2) is 10.8. The zero-order valence-electron chi connectivity index (χ0n) is 16.2. The maximum atomic E-state index is 12.7. The van der Waals surface area contributed by atoms with Gasteiger partial charge in [0.2, 0.25) is 0 Å². The minimum atomic E-state index is -1.06. The Morgan fingerprint density at radius 1 is 1.07 bits per heavy atom. The van der Waals surface area contributed by atoms with Crippen molar-refractivity contribution in [3.05, 3.63) is 71.8 Å². The molecule has 2 rings (SSSR count). The van der Waals surface area contributed by atoms with E-state index in [1.807, 2.05) is 62.4 Å². The molecule has 146 valence electrons.